The lowest BCUT2D eigenvalue weighted by molar-refractivity contribution is -0.132. The second-order valence-electron chi connectivity index (χ2n) is 4.60. The van der Waals surface area contributed by atoms with Gasteiger partial charge in [0.05, 0.1) is 0 Å². The molecule has 1 aliphatic heterocycles. The van der Waals surface area contributed by atoms with Crippen LogP contribution in [0.25, 0.3) is 0 Å². The third-order valence-corrected chi connectivity index (χ3v) is 4.60. The highest BCUT2D eigenvalue weighted by Gasteiger charge is 2.27. The first kappa shape index (κ1) is 15.0. The molecule has 3 rings (SSSR count). The van der Waals surface area contributed by atoms with Gasteiger partial charge in [-0.15, -0.1) is 16.9 Å². The van der Waals surface area contributed by atoms with E-state index < -0.39 is 5.97 Å². The van der Waals surface area contributed by atoms with E-state index >= 15 is 0 Å². The number of hydrogen-bond donors (Lipinski definition) is 2. The molecule has 1 aliphatic rings. The van der Waals surface area contributed by atoms with Gasteiger partial charge in [0, 0.05) is 4.90 Å². The highest BCUT2D eigenvalue weighted by Crippen LogP contribution is 2.31. The number of rotatable bonds is 4. The fourth-order valence-electron chi connectivity index (χ4n) is 2.22. The molecule has 1 atom stereocenters. The summed E-state index contributed by atoms with van der Waals surface area (Å²) in [4.78, 5) is 16.8. The van der Waals surface area contributed by atoms with E-state index in [9.17, 15) is 9.90 Å². The van der Waals surface area contributed by atoms with Crippen LogP contribution in [0.4, 0.5) is 5.95 Å². The Morgan fingerprint density at radius 3 is 2.59 bits per heavy atom. The SMILES string of the molecule is CSc1ccc([C@H]2C=C(C(=O)O)Nc3nc(SC)nn32)cc1. The molecule has 0 aliphatic carbocycles. The Hall–Kier alpha value is -1.93. The predicted molar refractivity (Wildman–Crippen MR) is 87.5 cm³/mol. The van der Waals surface area contributed by atoms with Gasteiger partial charge in [-0.3, -0.25) is 0 Å². The number of aliphatic carboxylic acids is 1. The Balaban J connectivity index is 2.06. The summed E-state index contributed by atoms with van der Waals surface area (Å²) in [5.74, 6) is -0.561. The van der Waals surface area contributed by atoms with Gasteiger partial charge < -0.3 is 10.4 Å². The van der Waals surface area contributed by atoms with Gasteiger partial charge in [0.2, 0.25) is 11.1 Å². The van der Waals surface area contributed by atoms with Crippen molar-refractivity contribution >= 4 is 35.4 Å². The molecule has 0 unspecified atom stereocenters. The average Bonchev–Trinajstić information content (AvgIpc) is 2.97. The summed E-state index contributed by atoms with van der Waals surface area (Å²) >= 11 is 3.08. The number of hydrogen-bond acceptors (Lipinski definition) is 6. The molecule has 2 heterocycles. The lowest BCUT2D eigenvalue weighted by atomic mass is 10.0. The van der Waals surface area contributed by atoms with Gasteiger partial charge in [-0.05, 0) is 36.3 Å². The Bertz CT molecular complexity index is 740. The van der Waals surface area contributed by atoms with Crippen LogP contribution in [0.3, 0.4) is 0 Å². The molecule has 0 bridgehead atoms. The van der Waals surface area contributed by atoms with Crippen molar-refractivity contribution in [3.05, 3.63) is 41.6 Å². The van der Waals surface area contributed by atoms with Crippen molar-refractivity contribution in [2.24, 2.45) is 0 Å². The van der Waals surface area contributed by atoms with Gasteiger partial charge >= 0.3 is 5.97 Å². The van der Waals surface area contributed by atoms with E-state index in [2.05, 4.69) is 15.4 Å². The number of fused-ring (bicyclic) bond motifs is 1. The van der Waals surface area contributed by atoms with Crippen molar-refractivity contribution in [1.82, 2.24) is 14.8 Å². The summed E-state index contributed by atoms with van der Waals surface area (Å²) < 4.78 is 1.71. The van der Waals surface area contributed by atoms with Gasteiger partial charge in [-0.2, -0.15) is 4.98 Å². The number of carboxylic acids is 1. The molecule has 8 heteroatoms. The summed E-state index contributed by atoms with van der Waals surface area (Å²) in [6, 6.07) is 7.72. The minimum Gasteiger partial charge on any atom is -0.477 e. The zero-order chi connectivity index (χ0) is 15.7. The Labute approximate surface area is 136 Å². The zero-order valence-corrected chi connectivity index (χ0v) is 13.6. The third kappa shape index (κ3) is 2.71. The highest BCUT2D eigenvalue weighted by molar-refractivity contribution is 7.98. The number of nitrogens with one attached hydrogen (secondary N) is 1. The van der Waals surface area contributed by atoms with Gasteiger partial charge in [0.15, 0.2) is 0 Å². The first-order chi connectivity index (χ1) is 10.6. The molecule has 114 valence electrons. The van der Waals surface area contributed by atoms with E-state index in [4.69, 9.17) is 0 Å². The van der Waals surface area contributed by atoms with Gasteiger partial charge in [-0.1, -0.05) is 23.9 Å². The van der Waals surface area contributed by atoms with Gasteiger partial charge in [0.25, 0.3) is 0 Å². The van der Waals surface area contributed by atoms with E-state index in [-0.39, 0.29) is 11.7 Å². The number of carboxylic acid groups (broad SMARTS) is 1. The molecule has 1 aromatic carbocycles. The largest absolute Gasteiger partial charge is 0.477 e. The fourth-order valence-corrected chi connectivity index (χ4v) is 2.98. The molecular formula is C14H14N4O2S2. The first-order valence-electron chi connectivity index (χ1n) is 6.49. The second kappa shape index (κ2) is 6.05. The summed E-state index contributed by atoms with van der Waals surface area (Å²) in [6.07, 6.45) is 5.56. The number of nitrogens with zero attached hydrogens (tertiary/aromatic N) is 3. The third-order valence-electron chi connectivity index (χ3n) is 3.32. The van der Waals surface area contributed by atoms with Crippen LogP contribution in [0.2, 0.25) is 0 Å². The van der Waals surface area contributed by atoms with Crippen molar-refractivity contribution in [2.45, 2.75) is 16.1 Å². The summed E-state index contributed by atoms with van der Waals surface area (Å²) in [5, 5.41) is 17.1. The molecule has 0 saturated carbocycles. The van der Waals surface area contributed by atoms with Gasteiger partial charge in [0.1, 0.15) is 11.7 Å². The van der Waals surface area contributed by atoms with Crippen LogP contribution in [0.15, 0.2) is 46.1 Å². The van der Waals surface area contributed by atoms with Crippen molar-refractivity contribution in [2.75, 3.05) is 17.8 Å². The maximum Gasteiger partial charge on any atom is 0.352 e. The number of thioether (sulfide) groups is 2. The quantitative estimate of drug-likeness (QED) is 0.832. The Kier molecular flexibility index (Phi) is 4.12. The van der Waals surface area contributed by atoms with Crippen LogP contribution < -0.4 is 5.32 Å². The number of carbonyl (C=O) groups is 1. The molecule has 0 fully saturated rings. The smallest absolute Gasteiger partial charge is 0.352 e. The molecular weight excluding hydrogens is 320 g/mol. The van der Waals surface area contributed by atoms with E-state index in [0.717, 1.165) is 10.5 Å². The topological polar surface area (TPSA) is 80.0 Å². The van der Waals surface area contributed by atoms with Crippen molar-refractivity contribution in [1.29, 1.82) is 0 Å². The molecule has 0 amide bonds. The van der Waals surface area contributed by atoms with Crippen molar-refractivity contribution in [3.8, 4) is 0 Å². The minimum atomic E-state index is -1.01. The summed E-state index contributed by atoms with van der Waals surface area (Å²) in [6.45, 7) is 0. The van der Waals surface area contributed by atoms with Crippen LogP contribution in [-0.2, 0) is 4.79 Å². The fraction of sp³-hybridized carbons (Fsp3) is 0.214. The van der Waals surface area contributed by atoms with Crippen LogP contribution in [-0.4, -0.2) is 38.4 Å². The Morgan fingerprint density at radius 2 is 2.00 bits per heavy atom. The van der Waals surface area contributed by atoms with E-state index in [1.165, 1.54) is 11.8 Å². The number of aromatic nitrogens is 3. The molecule has 6 nitrogen and oxygen atoms in total. The van der Waals surface area contributed by atoms with E-state index in [1.807, 2.05) is 36.8 Å². The molecule has 1 aromatic heterocycles. The number of allylic oxidation sites excluding steroid dienone is 1. The highest BCUT2D eigenvalue weighted by atomic mass is 32.2. The van der Waals surface area contributed by atoms with Crippen LogP contribution in [0.1, 0.15) is 11.6 Å². The standard InChI is InChI=1S/C14H14N4O2S2/c1-21-9-5-3-8(4-6-9)11-7-10(12(19)20)15-13-16-14(22-2)17-18(11)13/h3-7,11H,1-2H3,(H,19,20)(H,15,16,17)/t11-/m1/s1. The molecule has 0 spiro atoms. The van der Waals surface area contributed by atoms with E-state index in [0.29, 0.717) is 11.1 Å². The first-order valence-corrected chi connectivity index (χ1v) is 8.94. The molecule has 2 N–H and O–H groups in total. The molecule has 0 saturated heterocycles. The van der Waals surface area contributed by atoms with Crippen LogP contribution >= 0.6 is 23.5 Å². The van der Waals surface area contributed by atoms with Crippen LogP contribution in [0, 0.1) is 0 Å². The van der Waals surface area contributed by atoms with E-state index in [1.54, 1.807) is 22.5 Å². The number of anilines is 1. The van der Waals surface area contributed by atoms with Crippen molar-refractivity contribution < 1.29 is 9.90 Å². The normalized spacial score (nSPS) is 16.6. The average molecular weight is 334 g/mol. The van der Waals surface area contributed by atoms with Crippen molar-refractivity contribution in [3.63, 3.8) is 0 Å². The van der Waals surface area contributed by atoms with Crippen LogP contribution in [0.5, 0.6) is 0 Å². The second-order valence-corrected chi connectivity index (χ2v) is 6.25. The minimum absolute atomic E-state index is 0.117. The molecule has 2 aromatic rings. The lowest BCUT2D eigenvalue weighted by Crippen LogP contribution is -2.24. The predicted octanol–water partition coefficient (Wildman–Crippen LogP) is 2.71. The zero-order valence-electron chi connectivity index (χ0n) is 12.0. The number of benzene rings is 1. The Morgan fingerprint density at radius 1 is 1.27 bits per heavy atom. The summed E-state index contributed by atoms with van der Waals surface area (Å²) in [7, 11) is 0. The molecule has 0 radical (unpaired) electrons. The monoisotopic (exact) mass is 334 g/mol. The maximum absolute atomic E-state index is 11.3. The lowest BCUT2D eigenvalue weighted by Gasteiger charge is -2.22. The van der Waals surface area contributed by atoms with Gasteiger partial charge in [-0.25, -0.2) is 9.48 Å². The molecule has 22 heavy (non-hydrogen) atoms. The summed E-state index contributed by atoms with van der Waals surface area (Å²) in [5.41, 5.74) is 1.09. The maximum atomic E-state index is 11.3.